The number of rotatable bonds is 5. The number of nitrogens with zero attached hydrogens (tertiary/aromatic N) is 1. The van der Waals surface area contributed by atoms with Gasteiger partial charge in [-0.25, -0.2) is 0 Å². The minimum absolute atomic E-state index is 0.837. The lowest BCUT2D eigenvalue weighted by molar-refractivity contribution is 0.132. The van der Waals surface area contributed by atoms with Gasteiger partial charge in [0.1, 0.15) is 0 Å². The Kier molecular flexibility index (Phi) is 5.41. The molecule has 106 valence electrons. The highest BCUT2D eigenvalue weighted by atomic mass is 15.1. The van der Waals surface area contributed by atoms with Gasteiger partial charge in [0.2, 0.25) is 0 Å². The molecule has 0 radical (unpaired) electrons. The van der Waals surface area contributed by atoms with E-state index in [-0.39, 0.29) is 0 Å². The number of likely N-dealkylation sites (tertiary alicyclic amines) is 1. The molecule has 0 aromatic heterocycles. The molecule has 2 unspecified atom stereocenters. The second-order valence-corrected chi connectivity index (χ2v) is 6.15. The van der Waals surface area contributed by atoms with Crippen LogP contribution in [-0.4, -0.2) is 31.6 Å². The third-order valence-electron chi connectivity index (χ3n) is 4.51. The Morgan fingerprint density at radius 3 is 2.42 bits per heavy atom. The normalized spacial score (nSPS) is 24.6. The highest BCUT2D eigenvalue weighted by molar-refractivity contribution is 5.22. The smallest absolute Gasteiger partial charge is 0.0233 e. The van der Waals surface area contributed by atoms with E-state index in [1.807, 2.05) is 7.05 Å². The van der Waals surface area contributed by atoms with Crippen LogP contribution in [0.1, 0.15) is 31.4 Å². The molecule has 0 aliphatic carbocycles. The molecule has 19 heavy (non-hydrogen) atoms. The van der Waals surface area contributed by atoms with Crippen molar-refractivity contribution in [2.24, 2.45) is 11.8 Å². The molecule has 1 aromatic rings. The van der Waals surface area contributed by atoms with Gasteiger partial charge in [-0.3, -0.25) is 4.90 Å². The fraction of sp³-hybridized carbons (Fsp3) is 0.647. The first-order valence-electron chi connectivity index (χ1n) is 7.64. The zero-order chi connectivity index (χ0) is 13.7. The van der Waals surface area contributed by atoms with Crippen LogP contribution in [0.5, 0.6) is 0 Å². The zero-order valence-electron chi connectivity index (χ0n) is 12.7. The lowest BCUT2D eigenvalue weighted by Crippen LogP contribution is -2.37. The Bertz CT molecular complexity index is 371. The van der Waals surface area contributed by atoms with E-state index in [2.05, 4.69) is 48.3 Å². The maximum Gasteiger partial charge on any atom is 0.0233 e. The molecular weight excluding hydrogens is 232 g/mol. The average molecular weight is 260 g/mol. The lowest BCUT2D eigenvalue weighted by atomic mass is 9.88. The maximum absolute atomic E-state index is 3.20. The molecule has 1 aromatic carbocycles. The molecule has 1 fully saturated rings. The molecule has 2 nitrogen and oxygen atoms in total. The van der Waals surface area contributed by atoms with Crippen LogP contribution in [0.3, 0.4) is 0 Å². The van der Waals surface area contributed by atoms with Crippen LogP contribution in [0.15, 0.2) is 24.3 Å². The minimum atomic E-state index is 0.837. The van der Waals surface area contributed by atoms with Crippen molar-refractivity contribution in [3.8, 4) is 0 Å². The van der Waals surface area contributed by atoms with E-state index in [1.54, 1.807) is 0 Å². The fourth-order valence-corrected chi connectivity index (χ4v) is 2.83. The van der Waals surface area contributed by atoms with Crippen molar-refractivity contribution in [3.63, 3.8) is 0 Å². The third-order valence-corrected chi connectivity index (χ3v) is 4.51. The maximum atomic E-state index is 3.20. The molecule has 1 aliphatic heterocycles. The number of likely N-dealkylation sites (N-methyl/N-ethyl adjacent to an activating group) is 1. The Hall–Kier alpha value is -0.860. The summed E-state index contributed by atoms with van der Waals surface area (Å²) in [5, 5.41) is 3.20. The van der Waals surface area contributed by atoms with Gasteiger partial charge in [0.25, 0.3) is 0 Å². The zero-order valence-corrected chi connectivity index (χ0v) is 12.7. The van der Waals surface area contributed by atoms with Crippen molar-refractivity contribution in [2.75, 3.05) is 26.7 Å². The van der Waals surface area contributed by atoms with Crippen molar-refractivity contribution in [1.29, 1.82) is 0 Å². The van der Waals surface area contributed by atoms with Gasteiger partial charge in [-0.05, 0) is 55.9 Å². The summed E-state index contributed by atoms with van der Waals surface area (Å²) in [6, 6.07) is 9.16. The van der Waals surface area contributed by atoms with Crippen LogP contribution < -0.4 is 5.32 Å². The van der Waals surface area contributed by atoms with Crippen LogP contribution in [-0.2, 0) is 13.0 Å². The number of nitrogens with one attached hydrogen (secondary N) is 1. The summed E-state index contributed by atoms with van der Waals surface area (Å²) in [5.74, 6) is 1.73. The average Bonchev–Trinajstić information content (AvgIpc) is 2.42. The van der Waals surface area contributed by atoms with Crippen molar-refractivity contribution in [3.05, 3.63) is 35.4 Å². The number of piperidine rings is 1. The fourth-order valence-electron chi connectivity index (χ4n) is 2.83. The van der Waals surface area contributed by atoms with Crippen molar-refractivity contribution in [1.82, 2.24) is 10.2 Å². The van der Waals surface area contributed by atoms with E-state index in [0.717, 1.165) is 31.3 Å². The Morgan fingerprint density at radius 1 is 1.11 bits per heavy atom. The van der Waals surface area contributed by atoms with Gasteiger partial charge in [0.15, 0.2) is 0 Å². The Labute approximate surface area is 118 Å². The first-order valence-corrected chi connectivity index (χ1v) is 7.64. The molecule has 0 saturated carbocycles. The van der Waals surface area contributed by atoms with Gasteiger partial charge >= 0.3 is 0 Å². The van der Waals surface area contributed by atoms with E-state index >= 15 is 0 Å². The number of hydrogen-bond donors (Lipinski definition) is 1. The van der Waals surface area contributed by atoms with E-state index in [4.69, 9.17) is 0 Å². The van der Waals surface area contributed by atoms with E-state index in [9.17, 15) is 0 Å². The molecule has 1 saturated heterocycles. The van der Waals surface area contributed by atoms with Crippen LogP contribution in [0.25, 0.3) is 0 Å². The summed E-state index contributed by atoms with van der Waals surface area (Å²) in [4.78, 5) is 2.60. The minimum Gasteiger partial charge on any atom is -0.319 e. The van der Waals surface area contributed by atoms with Crippen LogP contribution in [0, 0.1) is 11.8 Å². The monoisotopic (exact) mass is 260 g/mol. The summed E-state index contributed by atoms with van der Waals surface area (Å²) in [6.07, 6.45) is 2.47. The topological polar surface area (TPSA) is 15.3 Å². The van der Waals surface area contributed by atoms with E-state index < -0.39 is 0 Å². The summed E-state index contributed by atoms with van der Waals surface area (Å²) in [6.45, 7) is 9.45. The molecule has 0 amide bonds. The Balaban J connectivity index is 1.85. The van der Waals surface area contributed by atoms with Crippen molar-refractivity contribution < 1.29 is 0 Å². The molecule has 2 atom stereocenters. The molecular formula is C17H28N2. The highest BCUT2D eigenvalue weighted by Gasteiger charge is 2.22. The quantitative estimate of drug-likeness (QED) is 0.875. The lowest BCUT2D eigenvalue weighted by Gasteiger charge is -2.35. The van der Waals surface area contributed by atoms with Gasteiger partial charge in [-0.1, -0.05) is 38.1 Å². The molecule has 1 N–H and O–H groups in total. The highest BCUT2D eigenvalue weighted by Crippen LogP contribution is 2.23. The predicted molar refractivity (Wildman–Crippen MR) is 82.3 cm³/mol. The summed E-state index contributed by atoms with van der Waals surface area (Å²) >= 11 is 0. The molecule has 0 spiro atoms. The predicted octanol–water partition coefficient (Wildman–Crippen LogP) is 2.93. The second-order valence-electron chi connectivity index (χ2n) is 6.15. The molecule has 2 rings (SSSR count). The summed E-state index contributed by atoms with van der Waals surface area (Å²) in [5.41, 5.74) is 2.88. The van der Waals surface area contributed by atoms with Crippen LogP contribution in [0.4, 0.5) is 0 Å². The standard InChI is InChI=1S/C17H28N2/c1-14-9-11-19(12-15(14)2)13-17-6-4-16(5-7-17)8-10-18-3/h4-7,14-15,18H,8-13H2,1-3H3. The number of hydrogen-bond acceptors (Lipinski definition) is 2. The number of benzene rings is 1. The van der Waals surface area contributed by atoms with Crippen molar-refractivity contribution >= 4 is 0 Å². The van der Waals surface area contributed by atoms with Crippen LogP contribution in [0.2, 0.25) is 0 Å². The first kappa shape index (κ1) is 14.5. The van der Waals surface area contributed by atoms with Gasteiger partial charge in [0, 0.05) is 13.1 Å². The molecule has 2 heteroatoms. The van der Waals surface area contributed by atoms with Gasteiger partial charge in [0.05, 0.1) is 0 Å². The molecule has 1 heterocycles. The first-order chi connectivity index (χ1) is 9.19. The molecule has 0 bridgehead atoms. The Morgan fingerprint density at radius 2 is 1.79 bits per heavy atom. The van der Waals surface area contributed by atoms with Gasteiger partial charge < -0.3 is 5.32 Å². The summed E-state index contributed by atoms with van der Waals surface area (Å²) < 4.78 is 0. The third kappa shape index (κ3) is 4.32. The SMILES string of the molecule is CNCCc1ccc(CN2CCC(C)C(C)C2)cc1. The van der Waals surface area contributed by atoms with Gasteiger partial charge in [-0.15, -0.1) is 0 Å². The van der Waals surface area contributed by atoms with Crippen molar-refractivity contribution in [2.45, 2.75) is 33.2 Å². The largest absolute Gasteiger partial charge is 0.319 e. The van der Waals surface area contributed by atoms with Crippen LogP contribution >= 0.6 is 0 Å². The second kappa shape index (κ2) is 7.06. The van der Waals surface area contributed by atoms with Gasteiger partial charge in [-0.2, -0.15) is 0 Å². The summed E-state index contributed by atoms with van der Waals surface area (Å²) in [7, 11) is 2.01. The molecule has 1 aliphatic rings. The van der Waals surface area contributed by atoms with E-state index in [1.165, 1.54) is 30.6 Å². The van der Waals surface area contributed by atoms with E-state index in [0.29, 0.717) is 0 Å².